The van der Waals surface area contributed by atoms with E-state index in [9.17, 15) is 0 Å². The lowest BCUT2D eigenvalue weighted by atomic mass is 9.84. The van der Waals surface area contributed by atoms with Crippen LogP contribution in [0.4, 0.5) is 0 Å². The van der Waals surface area contributed by atoms with Crippen LogP contribution in [0.5, 0.6) is 0 Å². The Balaban J connectivity index is 1.82. The van der Waals surface area contributed by atoms with Crippen molar-refractivity contribution in [2.24, 2.45) is 5.92 Å². The van der Waals surface area contributed by atoms with Gasteiger partial charge in [-0.15, -0.1) is 0 Å². The van der Waals surface area contributed by atoms with Gasteiger partial charge in [0.05, 0.1) is 0 Å². The summed E-state index contributed by atoms with van der Waals surface area (Å²) >= 11 is 0. The monoisotopic (exact) mass is 209 g/mol. The second kappa shape index (κ2) is 6.52. The number of hydrogen-bond acceptors (Lipinski definition) is 1. The quantitative estimate of drug-likeness (QED) is 0.691. The predicted octanol–water partition coefficient (Wildman–Crippen LogP) is 3.88. The molecule has 1 unspecified atom stereocenters. The minimum Gasteiger partial charge on any atom is -0.314 e. The molecule has 1 aliphatic heterocycles. The summed E-state index contributed by atoms with van der Waals surface area (Å²) < 4.78 is 0. The zero-order valence-corrected chi connectivity index (χ0v) is 10.1. The van der Waals surface area contributed by atoms with E-state index in [2.05, 4.69) is 5.32 Å². The summed E-state index contributed by atoms with van der Waals surface area (Å²) in [5.41, 5.74) is 0. The fourth-order valence-corrected chi connectivity index (χ4v) is 3.35. The summed E-state index contributed by atoms with van der Waals surface area (Å²) in [4.78, 5) is 0. The number of nitrogens with one attached hydrogen (secondary N) is 1. The maximum Gasteiger partial charge on any atom is 0.00953 e. The maximum absolute atomic E-state index is 3.80. The van der Waals surface area contributed by atoms with E-state index in [-0.39, 0.29) is 0 Å². The van der Waals surface area contributed by atoms with E-state index in [1.54, 1.807) is 0 Å². The van der Waals surface area contributed by atoms with Gasteiger partial charge in [0.2, 0.25) is 0 Å². The molecule has 1 saturated carbocycles. The highest BCUT2D eigenvalue weighted by molar-refractivity contribution is 4.79. The minimum atomic E-state index is 0.866. The third kappa shape index (κ3) is 3.79. The molecule has 1 nitrogen and oxygen atoms in total. The van der Waals surface area contributed by atoms with Gasteiger partial charge in [-0.05, 0) is 38.1 Å². The molecule has 15 heavy (non-hydrogen) atoms. The smallest absolute Gasteiger partial charge is 0.00953 e. The van der Waals surface area contributed by atoms with Gasteiger partial charge >= 0.3 is 0 Å². The van der Waals surface area contributed by atoms with Gasteiger partial charge in [0.1, 0.15) is 0 Å². The van der Waals surface area contributed by atoms with Crippen molar-refractivity contribution in [2.75, 3.05) is 6.54 Å². The first-order chi connectivity index (χ1) is 7.47. The van der Waals surface area contributed by atoms with Gasteiger partial charge in [0.25, 0.3) is 0 Å². The Bertz CT molecular complexity index is 151. The standard InChI is InChI=1S/C14H27N/c1-2-5-9-13(10-6-3-1)14-11-7-4-8-12-15-14/h13-15H,1-12H2. The van der Waals surface area contributed by atoms with Gasteiger partial charge in [-0.3, -0.25) is 0 Å². The zero-order chi connectivity index (χ0) is 10.3. The molecule has 0 amide bonds. The van der Waals surface area contributed by atoms with E-state index in [1.165, 1.54) is 77.2 Å². The molecule has 0 aromatic heterocycles. The van der Waals surface area contributed by atoms with E-state index < -0.39 is 0 Å². The average molecular weight is 209 g/mol. The molecule has 1 N–H and O–H groups in total. The lowest BCUT2D eigenvalue weighted by Gasteiger charge is -2.28. The molecular formula is C14H27N. The Morgan fingerprint density at radius 3 is 2.00 bits per heavy atom. The highest BCUT2D eigenvalue weighted by Gasteiger charge is 2.22. The van der Waals surface area contributed by atoms with Crippen LogP contribution in [-0.4, -0.2) is 12.6 Å². The van der Waals surface area contributed by atoms with Gasteiger partial charge < -0.3 is 5.32 Å². The van der Waals surface area contributed by atoms with Crippen LogP contribution in [0.3, 0.4) is 0 Å². The van der Waals surface area contributed by atoms with Crippen LogP contribution in [0.1, 0.15) is 70.6 Å². The van der Waals surface area contributed by atoms with E-state index in [0.717, 1.165) is 12.0 Å². The van der Waals surface area contributed by atoms with E-state index >= 15 is 0 Å². The minimum absolute atomic E-state index is 0.866. The maximum atomic E-state index is 3.80. The van der Waals surface area contributed by atoms with Crippen LogP contribution >= 0.6 is 0 Å². The highest BCUT2D eigenvalue weighted by Crippen LogP contribution is 2.28. The molecule has 1 heteroatoms. The third-order valence-corrected chi connectivity index (χ3v) is 4.32. The van der Waals surface area contributed by atoms with E-state index in [0.29, 0.717) is 0 Å². The van der Waals surface area contributed by atoms with Crippen LogP contribution in [0.2, 0.25) is 0 Å². The van der Waals surface area contributed by atoms with Crippen molar-refractivity contribution < 1.29 is 0 Å². The zero-order valence-electron chi connectivity index (χ0n) is 10.1. The second-order valence-electron chi connectivity index (χ2n) is 5.52. The molecule has 0 aromatic rings. The SMILES string of the molecule is C1CCCC(C2CCCCCN2)CCC1. The number of hydrogen-bond donors (Lipinski definition) is 1. The Hall–Kier alpha value is -0.0400. The van der Waals surface area contributed by atoms with Crippen molar-refractivity contribution in [3.63, 3.8) is 0 Å². The largest absolute Gasteiger partial charge is 0.314 e. The van der Waals surface area contributed by atoms with Crippen LogP contribution < -0.4 is 5.32 Å². The van der Waals surface area contributed by atoms with Crippen molar-refractivity contribution in [3.8, 4) is 0 Å². The Morgan fingerprint density at radius 1 is 0.600 bits per heavy atom. The van der Waals surface area contributed by atoms with Crippen molar-refractivity contribution in [2.45, 2.75) is 76.7 Å². The molecule has 1 saturated heterocycles. The summed E-state index contributed by atoms with van der Waals surface area (Å²) in [6.45, 7) is 1.28. The van der Waals surface area contributed by atoms with Crippen LogP contribution in [0.25, 0.3) is 0 Å². The fourth-order valence-electron chi connectivity index (χ4n) is 3.35. The van der Waals surface area contributed by atoms with Crippen LogP contribution in [0.15, 0.2) is 0 Å². The van der Waals surface area contributed by atoms with E-state index in [4.69, 9.17) is 0 Å². The van der Waals surface area contributed by atoms with E-state index in [1.807, 2.05) is 0 Å². The molecule has 0 bridgehead atoms. The van der Waals surface area contributed by atoms with Crippen molar-refractivity contribution in [3.05, 3.63) is 0 Å². The highest BCUT2D eigenvalue weighted by atomic mass is 14.9. The molecular weight excluding hydrogens is 182 g/mol. The van der Waals surface area contributed by atoms with Crippen molar-refractivity contribution >= 4 is 0 Å². The van der Waals surface area contributed by atoms with Crippen molar-refractivity contribution in [1.29, 1.82) is 0 Å². The Kier molecular flexibility index (Phi) is 4.98. The molecule has 88 valence electrons. The lowest BCUT2D eigenvalue weighted by molar-refractivity contribution is 0.280. The summed E-state index contributed by atoms with van der Waals surface area (Å²) in [6.07, 6.45) is 16.2. The van der Waals surface area contributed by atoms with Gasteiger partial charge in [0, 0.05) is 6.04 Å². The third-order valence-electron chi connectivity index (χ3n) is 4.32. The summed E-state index contributed by atoms with van der Waals surface area (Å²) in [5, 5.41) is 3.80. The Morgan fingerprint density at radius 2 is 1.20 bits per heavy atom. The second-order valence-corrected chi connectivity index (χ2v) is 5.52. The first-order valence-electron chi connectivity index (χ1n) is 7.20. The molecule has 2 fully saturated rings. The molecule has 1 atom stereocenters. The lowest BCUT2D eigenvalue weighted by Crippen LogP contribution is -2.35. The summed E-state index contributed by atoms with van der Waals surface area (Å²) in [7, 11) is 0. The van der Waals surface area contributed by atoms with Gasteiger partial charge in [-0.2, -0.15) is 0 Å². The predicted molar refractivity (Wildman–Crippen MR) is 66.1 cm³/mol. The first kappa shape index (κ1) is 11.4. The molecule has 0 spiro atoms. The number of rotatable bonds is 1. The van der Waals surface area contributed by atoms with Gasteiger partial charge in [-0.25, -0.2) is 0 Å². The molecule has 2 rings (SSSR count). The van der Waals surface area contributed by atoms with Crippen molar-refractivity contribution in [1.82, 2.24) is 5.32 Å². The molecule has 1 aliphatic carbocycles. The summed E-state index contributed by atoms with van der Waals surface area (Å²) in [6, 6.07) is 0.866. The molecule has 0 aromatic carbocycles. The first-order valence-corrected chi connectivity index (χ1v) is 7.20. The molecule has 0 radical (unpaired) electrons. The summed E-state index contributed by atoms with van der Waals surface area (Å²) in [5.74, 6) is 1.00. The molecule has 1 heterocycles. The van der Waals surface area contributed by atoms with Crippen LogP contribution in [0, 0.1) is 5.92 Å². The van der Waals surface area contributed by atoms with Crippen LogP contribution in [-0.2, 0) is 0 Å². The normalized spacial score (nSPS) is 31.6. The average Bonchev–Trinajstić information content (AvgIpc) is 2.45. The van der Waals surface area contributed by atoms with Gasteiger partial charge in [-0.1, -0.05) is 44.9 Å². The molecule has 2 aliphatic rings. The van der Waals surface area contributed by atoms with Gasteiger partial charge in [0.15, 0.2) is 0 Å². The topological polar surface area (TPSA) is 12.0 Å². The Labute approximate surface area is 95.0 Å². The fraction of sp³-hybridized carbons (Fsp3) is 1.00.